The third-order valence-electron chi connectivity index (χ3n) is 3.52. The highest BCUT2D eigenvalue weighted by molar-refractivity contribution is 5.67. The van der Waals surface area contributed by atoms with Gasteiger partial charge in [-0.3, -0.25) is 4.68 Å². The van der Waals surface area contributed by atoms with Gasteiger partial charge < -0.3 is 15.4 Å². The van der Waals surface area contributed by atoms with Crippen LogP contribution in [0.4, 0.5) is 11.5 Å². The maximum Gasteiger partial charge on any atom is 0.150 e. The molecule has 18 heavy (non-hydrogen) atoms. The SMILES string of the molecule is CCC1CN(c2c(N)c(C(C)C)nn2C)CCO1. The maximum absolute atomic E-state index is 6.26. The van der Waals surface area contributed by atoms with Crippen LogP contribution in [0.5, 0.6) is 0 Å². The summed E-state index contributed by atoms with van der Waals surface area (Å²) >= 11 is 0. The lowest BCUT2D eigenvalue weighted by Gasteiger charge is -2.34. The average molecular weight is 252 g/mol. The minimum atomic E-state index is 0.301. The Kier molecular flexibility index (Phi) is 3.80. The summed E-state index contributed by atoms with van der Waals surface area (Å²) in [6.07, 6.45) is 1.33. The predicted molar refractivity (Wildman–Crippen MR) is 74.0 cm³/mol. The van der Waals surface area contributed by atoms with Crippen LogP contribution >= 0.6 is 0 Å². The third kappa shape index (κ3) is 2.32. The second-order valence-electron chi connectivity index (χ2n) is 5.25. The molecule has 1 saturated heterocycles. The molecular formula is C13H24N4O. The van der Waals surface area contributed by atoms with Crippen LogP contribution in [-0.2, 0) is 11.8 Å². The molecule has 0 saturated carbocycles. The molecule has 102 valence electrons. The molecule has 5 nitrogen and oxygen atoms in total. The van der Waals surface area contributed by atoms with Crippen LogP contribution < -0.4 is 10.6 Å². The number of rotatable bonds is 3. The standard InChI is InChI=1S/C13H24N4O/c1-5-10-8-17(6-7-18-10)13-11(14)12(9(2)3)15-16(13)4/h9-10H,5-8,14H2,1-4H3. The summed E-state index contributed by atoms with van der Waals surface area (Å²) in [7, 11) is 1.97. The van der Waals surface area contributed by atoms with E-state index in [9.17, 15) is 0 Å². The number of hydrogen-bond acceptors (Lipinski definition) is 4. The van der Waals surface area contributed by atoms with Crippen molar-refractivity contribution in [3.05, 3.63) is 5.69 Å². The topological polar surface area (TPSA) is 56.3 Å². The lowest BCUT2D eigenvalue weighted by molar-refractivity contribution is 0.0380. The molecule has 2 rings (SSSR count). The highest BCUT2D eigenvalue weighted by Gasteiger charge is 2.25. The zero-order valence-corrected chi connectivity index (χ0v) is 11.8. The van der Waals surface area contributed by atoms with Crippen molar-refractivity contribution in [3.8, 4) is 0 Å². The van der Waals surface area contributed by atoms with E-state index < -0.39 is 0 Å². The molecule has 1 fully saturated rings. The molecule has 0 aromatic carbocycles. The second kappa shape index (κ2) is 5.18. The molecule has 0 spiro atoms. The summed E-state index contributed by atoms with van der Waals surface area (Å²) in [5.74, 6) is 1.40. The number of hydrogen-bond donors (Lipinski definition) is 1. The van der Waals surface area contributed by atoms with Gasteiger partial charge in [-0.05, 0) is 12.3 Å². The number of aromatic nitrogens is 2. The van der Waals surface area contributed by atoms with Crippen molar-refractivity contribution < 1.29 is 4.74 Å². The lowest BCUT2D eigenvalue weighted by Crippen LogP contribution is -2.43. The van der Waals surface area contributed by atoms with E-state index in [2.05, 4.69) is 30.8 Å². The summed E-state index contributed by atoms with van der Waals surface area (Å²) in [5.41, 5.74) is 8.07. The zero-order chi connectivity index (χ0) is 13.3. The highest BCUT2D eigenvalue weighted by Crippen LogP contribution is 2.31. The molecule has 1 unspecified atom stereocenters. The summed E-state index contributed by atoms with van der Waals surface area (Å²) < 4.78 is 7.61. The molecular weight excluding hydrogens is 228 g/mol. The molecule has 1 aromatic rings. The van der Waals surface area contributed by atoms with Gasteiger partial charge in [0.25, 0.3) is 0 Å². The number of nitrogens with two attached hydrogens (primary N) is 1. The molecule has 2 heterocycles. The van der Waals surface area contributed by atoms with Gasteiger partial charge in [-0.15, -0.1) is 0 Å². The monoisotopic (exact) mass is 252 g/mol. The van der Waals surface area contributed by atoms with Crippen molar-refractivity contribution in [2.75, 3.05) is 30.3 Å². The Hall–Kier alpha value is -1.23. The Morgan fingerprint density at radius 3 is 2.78 bits per heavy atom. The molecule has 1 atom stereocenters. The first kappa shape index (κ1) is 13.2. The second-order valence-corrected chi connectivity index (χ2v) is 5.25. The van der Waals surface area contributed by atoms with Crippen LogP contribution in [0, 0.1) is 0 Å². The minimum absolute atomic E-state index is 0.301. The van der Waals surface area contributed by atoms with Gasteiger partial charge in [0.1, 0.15) is 0 Å². The van der Waals surface area contributed by atoms with E-state index in [0.717, 1.165) is 43.3 Å². The lowest BCUT2D eigenvalue weighted by atomic mass is 10.1. The van der Waals surface area contributed by atoms with Gasteiger partial charge in [0.05, 0.1) is 24.1 Å². The van der Waals surface area contributed by atoms with Gasteiger partial charge in [0, 0.05) is 20.1 Å². The number of nitrogens with zero attached hydrogens (tertiary/aromatic N) is 3. The largest absolute Gasteiger partial charge is 0.394 e. The van der Waals surface area contributed by atoms with E-state index >= 15 is 0 Å². The Morgan fingerprint density at radius 2 is 2.22 bits per heavy atom. The van der Waals surface area contributed by atoms with Gasteiger partial charge in [0.15, 0.2) is 5.82 Å². The number of morpholine rings is 1. The first-order valence-corrected chi connectivity index (χ1v) is 6.73. The summed E-state index contributed by atoms with van der Waals surface area (Å²) in [4.78, 5) is 2.30. The van der Waals surface area contributed by atoms with Gasteiger partial charge in [0.2, 0.25) is 0 Å². The average Bonchev–Trinajstić information content (AvgIpc) is 2.65. The molecule has 0 amide bonds. The van der Waals surface area contributed by atoms with E-state index in [4.69, 9.17) is 10.5 Å². The highest BCUT2D eigenvalue weighted by atomic mass is 16.5. The van der Waals surface area contributed by atoms with E-state index in [-0.39, 0.29) is 0 Å². The normalized spacial score (nSPS) is 20.7. The minimum Gasteiger partial charge on any atom is -0.394 e. The van der Waals surface area contributed by atoms with Gasteiger partial charge in [-0.1, -0.05) is 20.8 Å². The molecule has 0 bridgehead atoms. The molecule has 2 N–H and O–H groups in total. The van der Waals surface area contributed by atoms with Crippen molar-refractivity contribution in [2.24, 2.45) is 7.05 Å². The van der Waals surface area contributed by atoms with E-state index in [0.29, 0.717) is 12.0 Å². The third-order valence-corrected chi connectivity index (χ3v) is 3.52. The van der Waals surface area contributed by atoms with Gasteiger partial charge >= 0.3 is 0 Å². The van der Waals surface area contributed by atoms with E-state index in [1.165, 1.54) is 0 Å². The van der Waals surface area contributed by atoms with Crippen LogP contribution in [-0.4, -0.2) is 35.6 Å². The number of aryl methyl sites for hydroxylation is 1. The number of ether oxygens (including phenoxy) is 1. The summed E-state index contributed by atoms with van der Waals surface area (Å²) in [6, 6.07) is 0. The first-order valence-electron chi connectivity index (χ1n) is 6.73. The zero-order valence-electron chi connectivity index (χ0n) is 11.8. The van der Waals surface area contributed by atoms with E-state index in [1.54, 1.807) is 0 Å². The van der Waals surface area contributed by atoms with Crippen molar-refractivity contribution in [1.29, 1.82) is 0 Å². The van der Waals surface area contributed by atoms with Crippen molar-refractivity contribution >= 4 is 11.5 Å². The Morgan fingerprint density at radius 1 is 1.50 bits per heavy atom. The van der Waals surface area contributed by atoms with Crippen LogP contribution in [0.1, 0.15) is 38.8 Å². The Bertz CT molecular complexity index is 413. The molecule has 5 heteroatoms. The fourth-order valence-electron chi connectivity index (χ4n) is 2.51. The smallest absolute Gasteiger partial charge is 0.150 e. The maximum atomic E-state index is 6.26. The van der Waals surface area contributed by atoms with Crippen molar-refractivity contribution in [1.82, 2.24) is 9.78 Å². The predicted octanol–water partition coefficient (Wildman–Crippen LogP) is 1.74. The summed E-state index contributed by atoms with van der Waals surface area (Å²) in [5, 5.41) is 4.54. The summed E-state index contributed by atoms with van der Waals surface area (Å²) in [6.45, 7) is 8.95. The quantitative estimate of drug-likeness (QED) is 0.890. The Labute approximate surface area is 109 Å². The van der Waals surface area contributed by atoms with E-state index in [1.807, 2.05) is 11.7 Å². The van der Waals surface area contributed by atoms with Crippen LogP contribution in [0.15, 0.2) is 0 Å². The fourth-order valence-corrected chi connectivity index (χ4v) is 2.51. The van der Waals surface area contributed by atoms with Gasteiger partial charge in [-0.25, -0.2) is 0 Å². The Balaban J connectivity index is 2.27. The fraction of sp³-hybridized carbons (Fsp3) is 0.769. The number of anilines is 2. The van der Waals surface area contributed by atoms with Crippen LogP contribution in [0.2, 0.25) is 0 Å². The van der Waals surface area contributed by atoms with Crippen LogP contribution in [0.25, 0.3) is 0 Å². The molecule has 0 aliphatic carbocycles. The number of nitrogen functional groups attached to an aromatic ring is 1. The molecule has 1 aliphatic rings. The molecule has 1 aliphatic heterocycles. The molecule has 1 aromatic heterocycles. The van der Waals surface area contributed by atoms with Crippen molar-refractivity contribution in [3.63, 3.8) is 0 Å². The molecule has 0 radical (unpaired) electrons. The first-order chi connectivity index (χ1) is 8.54. The van der Waals surface area contributed by atoms with Crippen LogP contribution in [0.3, 0.4) is 0 Å². The van der Waals surface area contributed by atoms with Gasteiger partial charge in [-0.2, -0.15) is 5.10 Å². The van der Waals surface area contributed by atoms with Crippen molar-refractivity contribution in [2.45, 2.75) is 39.2 Å².